The first-order valence-electron chi connectivity index (χ1n) is 15.5. The zero-order chi connectivity index (χ0) is 30.2. The molecule has 0 spiro atoms. The fourth-order valence-electron chi connectivity index (χ4n) is 5.65. The van der Waals surface area contributed by atoms with E-state index in [1.165, 1.54) is 47.5 Å². The molecule has 0 aliphatic heterocycles. The van der Waals surface area contributed by atoms with Crippen molar-refractivity contribution >= 4 is 0 Å². The Morgan fingerprint density at radius 2 is 0.480 bits per heavy atom. The van der Waals surface area contributed by atoms with Crippen LogP contribution in [-0.4, -0.2) is 24.5 Å². The first-order valence-corrected chi connectivity index (χ1v) is 21.0. The van der Waals surface area contributed by atoms with Crippen LogP contribution in [0.25, 0.3) is 0 Å². The molecule has 5 aromatic carbocycles. The van der Waals surface area contributed by atoms with Crippen molar-refractivity contribution in [2.75, 3.05) is 19.6 Å². The molecule has 284 valence electrons. The summed E-state index contributed by atoms with van der Waals surface area (Å²) in [6.07, 6.45) is 0. The van der Waals surface area contributed by atoms with Gasteiger partial charge in [0, 0.05) is 20.1 Å². The van der Waals surface area contributed by atoms with Gasteiger partial charge >= 0.3 is 218 Å². The molecule has 0 N–H and O–H groups in total. The first kappa shape index (κ1) is 54.2. The fraction of sp³-hybridized carbons (Fsp3) is 0.362. The van der Waals surface area contributed by atoms with E-state index in [2.05, 4.69) is 177 Å². The predicted molar refractivity (Wildman–Crippen MR) is 225 cm³/mol. The van der Waals surface area contributed by atoms with Crippen LogP contribution in [0.1, 0.15) is 93.1 Å². The third-order valence-electron chi connectivity index (χ3n) is 7.78. The molecule has 50 heavy (non-hydrogen) atoms. The van der Waals surface area contributed by atoms with Gasteiger partial charge in [0.15, 0.2) is 0 Å². The molecular weight excluding hydrogens is 783 g/mol. The average Bonchev–Trinajstić information content (AvgIpc) is 3.04. The molecule has 0 unspecified atom stereocenters. The molecule has 0 saturated heterocycles. The summed E-state index contributed by atoms with van der Waals surface area (Å²) in [6, 6.07) is 56.3. The predicted octanol–water partition coefficient (Wildman–Crippen LogP) is 13.8. The Kier molecular flexibility index (Phi) is 30.3. The van der Waals surface area contributed by atoms with Gasteiger partial charge in [-0.05, 0) is 19.6 Å². The van der Waals surface area contributed by atoms with Crippen LogP contribution in [0.4, 0.5) is 0 Å². The van der Waals surface area contributed by atoms with Crippen molar-refractivity contribution < 1.29 is 34.4 Å². The summed E-state index contributed by atoms with van der Waals surface area (Å²) in [5, 5.41) is 0. The second kappa shape index (κ2) is 28.0. The zero-order valence-electron chi connectivity index (χ0n) is 26.7. The Morgan fingerprint density at radius 1 is 0.320 bits per heavy atom. The van der Waals surface area contributed by atoms with Crippen LogP contribution < -0.4 is 0 Å². The number of hydrogen-bond donors (Lipinski definition) is 0. The number of benzene rings is 5. The summed E-state index contributed by atoms with van der Waals surface area (Å²) in [7, 11) is 0. The van der Waals surface area contributed by atoms with E-state index >= 15 is 0 Å². The third kappa shape index (κ3) is 16.6. The van der Waals surface area contributed by atoms with Crippen LogP contribution in [0.3, 0.4) is 0 Å². The Bertz CT molecular complexity index is 1180. The molecule has 5 aromatic rings. The van der Waals surface area contributed by atoms with Crippen LogP contribution in [0.15, 0.2) is 152 Å². The van der Waals surface area contributed by atoms with Crippen molar-refractivity contribution in [2.24, 2.45) is 0 Å². The SMILES string of the molecule is C.C.C.C.C.C.CCN(CC)CC.[Tc].c1ccc([CH2][Pd]([CH2]c2ccccc2)([CH2]c2ccccc2)([CH2]c2ccccc2)[CH2]c2ccccc2)cc1. The van der Waals surface area contributed by atoms with Crippen LogP contribution in [0.5, 0.6) is 0 Å². The molecule has 0 aliphatic carbocycles. The van der Waals surface area contributed by atoms with Gasteiger partial charge in [0.25, 0.3) is 0 Å². The van der Waals surface area contributed by atoms with Crippen LogP contribution in [-0.2, 0) is 58.9 Å². The van der Waals surface area contributed by atoms with Crippen LogP contribution in [0.2, 0.25) is 0 Å². The van der Waals surface area contributed by atoms with E-state index in [-0.39, 0.29) is 64.7 Å². The van der Waals surface area contributed by atoms with Gasteiger partial charge in [-0.1, -0.05) is 65.3 Å². The van der Waals surface area contributed by atoms with Gasteiger partial charge in [-0.15, -0.1) is 0 Å². The Balaban J connectivity index is -0.000000689. The van der Waals surface area contributed by atoms with E-state index in [4.69, 9.17) is 0 Å². The molecule has 0 atom stereocenters. The van der Waals surface area contributed by atoms with Crippen LogP contribution in [0, 0.1) is 0 Å². The normalized spacial score (nSPS) is 10.4. The van der Waals surface area contributed by atoms with E-state index in [1.54, 1.807) is 0 Å². The van der Waals surface area contributed by atoms with E-state index in [0.29, 0.717) is 0 Å². The van der Waals surface area contributed by atoms with Gasteiger partial charge in [0.1, 0.15) is 0 Å². The van der Waals surface area contributed by atoms with Gasteiger partial charge < -0.3 is 4.90 Å². The monoisotopic (exact) mass is 855 g/mol. The zero-order valence-corrected chi connectivity index (χ0v) is 30.1. The minimum atomic E-state index is -3.06. The third-order valence-corrected chi connectivity index (χ3v) is 18.7. The van der Waals surface area contributed by atoms with Gasteiger partial charge in [-0.3, -0.25) is 0 Å². The van der Waals surface area contributed by atoms with E-state index in [9.17, 15) is 0 Å². The van der Waals surface area contributed by atoms with Crippen molar-refractivity contribution in [3.8, 4) is 0 Å². The maximum atomic E-state index is 2.38. The van der Waals surface area contributed by atoms with Crippen molar-refractivity contribution in [3.05, 3.63) is 179 Å². The fourth-order valence-corrected chi connectivity index (χ4v) is 18.4. The van der Waals surface area contributed by atoms with Gasteiger partial charge in [-0.2, -0.15) is 0 Å². The molecule has 1 nitrogen and oxygen atoms in total. The molecule has 0 amide bonds. The first-order chi connectivity index (χ1) is 21.1. The summed E-state index contributed by atoms with van der Waals surface area (Å²) in [5.41, 5.74) is 7.33. The molecular formula is C47H74NPdTc. The molecule has 0 bridgehead atoms. The summed E-state index contributed by atoms with van der Waals surface area (Å²) in [5.74, 6) is 0. The van der Waals surface area contributed by atoms with Crippen molar-refractivity contribution in [1.29, 1.82) is 0 Å². The van der Waals surface area contributed by atoms with E-state index in [0.717, 1.165) is 24.5 Å². The standard InChI is InChI=1S/5C7H7.C6H15N.6CH4.Pd.Tc/c5*1-7-5-3-2-4-6-7;1-4-7(5-2)6-3;;;;;;;;/h5*2-6H,1H2;4-6H2,1-3H3;6*1H4;;. The minimum absolute atomic E-state index is 0. The number of rotatable bonds is 13. The average molecular weight is 858 g/mol. The number of nitrogens with zero attached hydrogens (tertiary/aromatic N) is 1. The molecule has 0 fully saturated rings. The second-order valence-electron chi connectivity index (χ2n) is 11.2. The summed E-state index contributed by atoms with van der Waals surface area (Å²) >= 11 is -3.06. The summed E-state index contributed by atoms with van der Waals surface area (Å²) < 4.78 is 0. The molecule has 0 aromatic heterocycles. The van der Waals surface area contributed by atoms with Crippen molar-refractivity contribution in [2.45, 2.75) is 89.8 Å². The Morgan fingerprint density at radius 3 is 0.600 bits per heavy atom. The van der Waals surface area contributed by atoms with Crippen molar-refractivity contribution in [1.82, 2.24) is 4.90 Å². The molecule has 1 radical (unpaired) electrons. The van der Waals surface area contributed by atoms with Crippen LogP contribution >= 0.6 is 0 Å². The second-order valence-corrected chi connectivity index (χ2v) is 21.7. The molecule has 3 heteroatoms. The van der Waals surface area contributed by atoms with Crippen molar-refractivity contribution in [3.63, 3.8) is 0 Å². The maximum absolute atomic E-state index is 3.06. The van der Waals surface area contributed by atoms with E-state index < -0.39 is 14.3 Å². The molecule has 5 rings (SSSR count). The Labute approximate surface area is 326 Å². The summed E-state index contributed by atoms with van der Waals surface area (Å²) in [4.78, 5) is 8.16. The molecule has 0 heterocycles. The van der Waals surface area contributed by atoms with Gasteiger partial charge in [0.05, 0.1) is 0 Å². The van der Waals surface area contributed by atoms with Gasteiger partial charge in [-0.25, -0.2) is 0 Å². The molecule has 0 saturated carbocycles. The van der Waals surface area contributed by atoms with Gasteiger partial charge in [0.2, 0.25) is 0 Å². The Hall–Kier alpha value is -2.63. The number of hydrogen-bond acceptors (Lipinski definition) is 1. The summed E-state index contributed by atoms with van der Waals surface area (Å²) in [6.45, 7) is 10.1. The quantitative estimate of drug-likeness (QED) is 0.107. The topological polar surface area (TPSA) is 3.24 Å². The van der Waals surface area contributed by atoms with E-state index in [1.807, 2.05) is 0 Å². The molecule has 0 aliphatic rings.